The Bertz CT molecular complexity index is 2810. The van der Waals surface area contributed by atoms with Crippen LogP contribution in [-0.2, 0) is 56.1 Å². The van der Waals surface area contributed by atoms with Crippen molar-refractivity contribution in [1.29, 1.82) is 0 Å². The summed E-state index contributed by atoms with van der Waals surface area (Å²) in [5.74, 6) is -2.21. The van der Waals surface area contributed by atoms with Crippen LogP contribution in [-0.4, -0.2) is 157 Å². The van der Waals surface area contributed by atoms with Gasteiger partial charge in [0.25, 0.3) is 0 Å². The first-order valence-corrected chi connectivity index (χ1v) is 33.7. The molecule has 0 fully saturated rings. The second-order valence-corrected chi connectivity index (χ2v) is 26.0. The molecule has 0 spiro atoms. The number of unbranched alkanes of at least 4 members (excludes halogenated alkanes) is 2. The number of carbonyl (C=O) groups is 1. The van der Waals surface area contributed by atoms with Crippen molar-refractivity contribution in [2.45, 2.75) is 149 Å². The number of benzene rings is 2. The molecule has 1 unspecified atom stereocenters. The predicted molar refractivity (Wildman–Crippen MR) is 309 cm³/mol. The van der Waals surface area contributed by atoms with Crippen molar-refractivity contribution in [2.24, 2.45) is 0 Å². The number of nitrogens with one attached hydrogen (secondary N) is 3. The molecular formula is C56H93N5O14S4. The van der Waals surface area contributed by atoms with E-state index in [0.717, 1.165) is 0 Å². The van der Waals surface area contributed by atoms with Crippen molar-refractivity contribution >= 4 is 63.5 Å². The van der Waals surface area contributed by atoms with Crippen LogP contribution < -0.4 is 19.6 Å². The average molecular weight is 1190 g/mol. The Labute approximate surface area is 474 Å². The Morgan fingerprint density at radius 1 is 0.582 bits per heavy atom. The number of fused-ring (bicyclic) bond motifs is 2. The molecule has 23 heteroatoms. The van der Waals surface area contributed by atoms with Crippen molar-refractivity contribution in [2.75, 3.05) is 88.4 Å². The Kier molecular flexibility index (Phi) is 31.7. The highest BCUT2D eigenvalue weighted by Crippen LogP contribution is 2.51. The fourth-order valence-electron chi connectivity index (χ4n) is 9.71. The minimum atomic E-state index is -4.85. The quantitative estimate of drug-likeness (QED) is 0.0389. The Morgan fingerprint density at radius 2 is 1.03 bits per heavy atom. The lowest BCUT2D eigenvalue weighted by molar-refractivity contribution is -0.894. The maximum atomic E-state index is 12.0. The van der Waals surface area contributed by atoms with Gasteiger partial charge in [-0.25, -0.2) is 33.7 Å². The van der Waals surface area contributed by atoms with E-state index in [0.29, 0.717) is 59.6 Å². The molecule has 0 saturated carbocycles. The van der Waals surface area contributed by atoms with Crippen LogP contribution in [0.25, 0.3) is 0 Å². The van der Waals surface area contributed by atoms with Crippen LogP contribution >= 0.6 is 0 Å². The SMILES string of the molecule is CC1(C)C(/C=C/C=C/C=C/C=C2\N(CCCS(=O)(=O)[O-])c3ccc(S(=O)(=O)[O-])cc3C2(C)CCCCCC(=O)O)=[N+](CCCS(=O)(=O)[O-])c2ccc(S(=O)(=O)[O-])cc21.CC[NH+](CC)CC.CC[NH+](CC)CC.CC[NH+](CC)CC. The zero-order valence-corrected chi connectivity index (χ0v) is 52.2. The van der Waals surface area contributed by atoms with Gasteiger partial charge >= 0.3 is 5.97 Å². The zero-order chi connectivity index (χ0) is 60.4. The van der Waals surface area contributed by atoms with E-state index < -0.39 is 78.6 Å². The molecule has 0 aromatic heterocycles. The highest BCUT2D eigenvalue weighted by Gasteiger charge is 2.45. The van der Waals surface area contributed by atoms with E-state index in [9.17, 15) is 56.7 Å². The summed E-state index contributed by atoms with van der Waals surface area (Å²) in [5, 5.41) is 9.08. The van der Waals surface area contributed by atoms with E-state index in [1.165, 1.54) is 95.3 Å². The molecule has 2 aromatic carbocycles. The van der Waals surface area contributed by atoms with E-state index in [2.05, 4.69) is 62.3 Å². The molecule has 0 saturated heterocycles. The summed E-state index contributed by atoms with van der Waals surface area (Å²) in [7, 11) is -18.7. The standard InChI is InChI=1S/C38H48N2O14S4.3C6H15N/c1-37(2)30-26-28(57(49,50)51)17-19-32(30)39(22-12-24-55(43,44)45)34(37)14-8-5-4-6-9-15-35-38(3,21-11-7-10-16-36(41)42)31-27-29(58(52,53)54)18-20-33(31)40(35)23-13-25-56(46,47)48;3*1-4-7(5-2)6-3/h4-6,8-9,14-15,17-20,26-27H,7,10-13,16,21-25H2,1-3H3,(H4-,41,42,43,44,45,46,47,48,49,50,51,52,53,54);3*4-6H2,1-3H3. The first-order valence-electron chi connectivity index (χ1n) is 27.7. The van der Waals surface area contributed by atoms with Crippen molar-refractivity contribution in [3.8, 4) is 0 Å². The summed E-state index contributed by atoms with van der Waals surface area (Å²) in [4.78, 5) is 17.0. The molecule has 450 valence electrons. The third kappa shape index (κ3) is 24.5. The van der Waals surface area contributed by atoms with Gasteiger partial charge in [0.1, 0.15) is 26.8 Å². The smallest absolute Gasteiger partial charge is 0.303 e. The fraction of sp³-hybridized carbons (Fsp3) is 0.607. The molecule has 2 heterocycles. The van der Waals surface area contributed by atoms with E-state index >= 15 is 0 Å². The van der Waals surface area contributed by atoms with Crippen molar-refractivity contribution < 1.29 is 81.1 Å². The third-order valence-corrected chi connectivity index (χ3v) is 18.0. The van der Waals surface area contributed by atoms with E-state index in [1.54, 1.807) is 66.7 Å². The number of carboxylic acid groups (broad SMARTS) is 1. The third-order valence-electron chi connectivity index (χ3n) is 14.7. The summed E-state index contributed by atoms with van der Waals surface area (Å²) < 4.78 is 142. The molecule has 0 aliphatic carbocycles. The molecular weight excluding hydrogens is 1090 g/mol. The zero-order valence-electron chi connectivity index (χ0n) is 48.9. The van der Waals surface area contributed by atoms with Crippen molar-refractivity contribution in [3.05, 3.63) is 95.8 Å². The second kappa shape index (κ2) is 34.3. The van der Waals surface area contributed by atoms with Crippen LogP contribution in [0.5, 0.6) is 0 Å². The van der Waals surface area contributed by atoms with Crippen molar-refractivity contribution in [3.63, 3.8) is 0 Å². The number of allylic oxidation sites excluding steroid dienone is 8. The van der Waals surface area contributed by atoms with Crippen LogP contribution in [0.4, 0.5) is 11.4 Å². The fourth-order valence-corrected chi connectivity index (χ4v) is 11.7. The van der Waals surface area contributed by atoms with Gasteiger partial charge < -0.3 is 42.9 Å². The van der Waals surface area contributed by atoms with Gasteiger partial charge in [-0.3, -0.25) is 4.79 Å². The first-order chi connectivity index (χ1) is 36.8. The van der Waals surface area contributed by atoms with Gasteiger partial charge in [-0.1, -0.05) is 43.2 Å². The number of nitrogens with zero attached hydrogens (tertiary/aromatic N) is 2. The highest BCUT2D eigenvalue weighted by atomic mass is 32.2. The number of hydrogen-bond donors (Lipinski definition) is 4. The van der Waals surface area contributed by atoms with Gasteiger partial charge in [0, 0.05) is 65.4 Å². The summed E-state index contributed by atoms with van der Waals surface area (Å²) in [5.41, 5.74) is 1.61. The van der Waals surface area contributed by atoms with Gasteiger partial charge in [-0.15, -0.1) is 0 Å². The Balaban J connectivity index is 0.00000125. The lowest BCUT2D eigenvalue weighted by Crippen LogP contribution is -3.11. The number of aliphatic carboxylic acids is 1. The minimum absolute atomic E-state index is 0.0175. The second-order valence-electron chi connectivity index (χ2n) is 20.2. The summed E-state index contributed by atoms with van der Waals surface area (Å²) in [6.45, 7) is 37.1. The molecule has 19 nitrogen and oxygen atoms in total. The van der Waals surface area contributed by atoms with Crippen LogP contribution in [0.3, 0.4) is 0 Å². The topological polar surface area (TPSA) is 286 Å². The van der Waals surface area contributed by atoms with Crippen LogP contribution in [0, 0.1) is 0 Å². The molecule has 2 aliphatic rings. The largest absolute Gasteiger partial charge is 0.748 e. The molecule has 0 amide bonds. The van der Waals surface area contributed by atoms with Gasteiger partial charge in [0.05, 0.1) is 94.3 Å². The average Bonchev–Trinajstić information content (AvgIpc) is 3.72. The van der Waals surface area contributed by atoms with Crippen LogP contribution in [0.2, 0.25) is 0 Å². The van der Waals surface area contributed by atoms with Crippen LogP contribution in [0.15, 0.2) is 94.4 Å². The number of hydrogen-bond acceptors (Lipinski definition) is 14. The van der Waals surface area contributed by atoms with Gasteiger partial charge in [0.15, 0.2) is 5.71 Å². The molecule has 1 atom stereocenters. The normalized spacial score (nSPS) is 16.9. The lowest BCUT2D eigenvalue weighted by atomic mass is 9.77. The number of anilines is 1. The summed E-state index contributed by atoms with van der Waals surface area (Å²) >= 11 is 0. The predicted octanol–water partition coefficient (Wildman–Crippen LogP) is 3.90. The maximum absolute atomic E-state index is 12.0. The molecule has 0 bridgehead atoms. The number of rotatable bonds is 29. The van der Waals surface area contributed by atoms with Gasteiger partial charge in [0.2, 0.25) is 5.69 Å². The van der Waals surface area contributed by atoms with Crippen molar-refractivity contribution in [1.82, 2.24) is 0 Å². The number of quaternary nitrogens is 3. The highest BCUT2D eigenvalue weighted by molar-refractivity contribution is 7.86. The molecule has 2 aromatic rings. The molecule has 2 aliphatic heterocycles. The van der Waals surface area contributed by atoms with E-state index in [4.69, 9.17) is 5.11 Å². The minimum Gasteiger partial charge on any atom is -0.748 e. The Morgan fingerprint density at radius 3 is 1.47 bits per heavy atom. The van der Waals surface area contributed by atoms with Crippen LogP contribution in [0.1, 0.15) is 139 Å². The van der Waals surface area contributed by atoms with Gasteiger partial charge in [-0.05, 0) is 144 Å². The lowest BCUT2D eigenvalue weighted by Gasteiger charge is -2.30. The molecule has 79 heavy (non-hydrogen) atoms. The number of carboxylic acids is 1. The first kappa shape index (κ1) is 72.9. The molecule has 0 radical (unpaired) electrons. The monoisotopic (exact) mass is 1190 g/mol. The Hall–Kier alpha value is -4.14. The summed E-state index contributed by atoms with van der Waals surface area (Å²) in [6, 6.07) is 7.86. The van der Waals surface area contributed by atoms with Gasteiger partial charge in [-0.2, -0.15) is 4.58 Å². The summed E-state index contributed by atoms with van der Waals surface area (Å²) in [6.07, 6.45) is 13.7. The molecule has 4 N–H and O–H groups in total. The molecule has 4 rings (SSSR count). The maximum Gasteiger partial charge on any atom is 0.303 e. The van der Waals surface area contributed by atoms with E-state index in [-0.39, 0.29) is 32.4 Å². The van der Waals surface area contributed by atoms with E-state index in [1.807, 2.05) is 20.8 Å².